The molecule has 3 nitrogen and oxygen atoms in total. The minimum atomic E-state index is 0.0298. The van der Waals surface area contributed by atoms with E-state index in [1.165, 1.54) is 24.8 Å². The van der Waals surface area contributed by atoms with Gasteiger partial charge >= 0.3 is 0 Å². The summed E-state index contributed by atoms with van der Waals surface area (Å²) in [6.45, 7) is 0.0298. The molecule has 1 saturated carbocycles. The summed E-state index contributed by atoms with van der Waals surface area (Å²) < 4.78 is 5.22. The summed E-state index contributed by atoms with van der Waals surface area (Å²) in [7, 11) is 0. The zero-order chi connectivity index (χ0) is 8.13. The number of hydrogen-bond acceptors (Lipinski definition) is 3. The van der Waals surface area contributed by atoms with Gasteiger partial charge < -0.3 is 9.63 Å². The van der Waals surface area contributed by atoms with Crippen molar-refractivity contribution < 1.29 is 9.63 Å². The lowest BCUT2D eigenvalue weighted by Crippen LogP contribution is -1.97. The summed E-state index contributed by atoms with van der Waals surface area (Å²) in [4.78, 5) is 0. The van der Waals surface area contributed by atoms with E-state index in [2.05, 4.69) is 5.16 Å². The molecule has 64 valence electrons. The molecule has 2 atom stereocenters. The van der Waals surface area contributed by atoms with E-state index >= 15 is 0 Å². The molecule has 0 radical (unpaired) electrons. The molecule has 0 aliphatic heterocycles. The first kappa shape index (κ1) is 6.66. The molecule has 2 bridgehead atoms. The molecule has 2 aliphatic rings. The maximum absolute atomic E-state index is 9.00. The second-order valence-electron chi connectivity index (χ2n) is 3.77. The number of nitrogens with zero attached hydrogens (tertiary/aromatic N) is 1. The molecule has 2 unspecified atom stereocenters. The number of rotatable bonds is 1. The van der Waals surface area contributed by atoms with Crippen LogP contribution in [0.15, 0.2) is 4.52 Å². The van der Waals surface area contributed by atoms with E-state index in [0.717, 1.165) is 11.5 Å². The van der Waals surface area contributed by atoms with Gasteiger partial charge in [-0.1, -0.05) is 5.16 Å². The summed E-state index contributed by atoms with van der Waals surface area (Å²) >= 11 is 0. The molecule has 3 heteroatoms. The smallest absolute Gasteiger partial charge is 0.143 e. The molecule has 2 aliphatic carbocycles. The Morgan fingerprint density at radius 3 is 3.08 bits per heavy atom. The molecular weight excluding hydrogens is 154 g/mol. The van der Waals surface area contributed by atoms with Crippen LogP contribution in [0.5, 0.6) is 0 Å². The number of aromatic nitrogens is 1. The molecule has 1 aromatic rings. The lowest BCUT2D eigenvalue weighted by molar-refractivity contribution is 0.262. The molecule has 12 heavy (non-hydrogen) atoms. The van der Waals surface area contributed by atoms with Gasteiger partial charge in [0.05, 0.1) is 6.61 Å². The molecule has 3 rings (SSSR count). The molecular formula is C9H11NO2. The van der Waals surface area contributed by atoms with Crippen LogP contribution in [0.2, 0.25) is 0 Å². The van der Waals surface area contributed by atoms with Crippen LogP contribution in [0.1, 0.15) is 48.1 Å². The fraction of sp³-hybridized carbons (Fsp3) is 0.667. The fourth-order valence-corrected chi connectivity index (χ4v) is 2.67. The van der Waals surface area contributed by atoms with Crippen LogP contribution >= 0.6 is 0 Å². The third-order valence-electron chi connectivity index (χ3n) is 3.19. The Hall–Kier alpha value is -0.830. The van der Waals surface area contributed by atoms with Crippen molar-refractivity contribution in [1.29, 1.82) is 0 Å². The monoisotopic (exact) mass is 165 g/mol. The van der Waals surface area contributed by atoms with Gasteiger partial charge in [0.25, 0.3) is 0 Å². The quantitative estimate of drug-likeness (QED) is 0.686. The number of fused-ring (bicyclic) bond motifs is 5. The van der Waals surface area contributed by atoms with Crippen molar-refractivity contribution in [1.82, 2.24) is 5.16 Å². The average Bonchev–Trinajstić information content (AvgIpc) is 2.76. The largest absolute Gasteiger partial charge is 0.390 e. The van der Waals surface area contributed by atoms with E-state index < -0.39 is 0 Å². The SMILES string of the molecule is OCc1noc2c1C1CCC2C1. The third-order valence-corrected chi connectivity index (χ3v) is 3.19. The highest BCUT2D eigenvalue weighted by atomic mass is 16.5. The Labute approximate surface area is 70.4 Å². The van der Waals surface area contributed by atoms with Crippen LogP contribution in [-0.2, 0) is 6.61 Å². The summed E-state index contributed by atoms with van der Waals surface area (Å²) in [5, 5.41) is 12.9. The van der Waals surface area contributed by atoms with Gasteiger partial charge in [0.1, 0.15) is 11.5 Å². The van der Waals surface area contributed by atoms with Crippen molar-refractivity contribution in [3.63, 3.8) is 0 Å². The Morgan fingerprint density at radius 1 is 1.42 bits per heavy atom. The van der Waals surface area contributed by atoms with E-state index in [-0.39, 0.29) is 6.61 Å². The molecule has 0 saturated heterocycles. The Morgan fingerprint density at radius 2 is 2.25 bits per heavy atom. The van der Waals surface area contributed by atoms with E-state index in [9.17, 15) is 0 Å². The lowest BCUT2D eigenvalue weighted by atomic mass is 9.96. The van der Waals surface area contributed by atoms with Gasteiger partial charge in [0, 0.05) is 11.5 Å². The predicted molar refractivity (Wildman–Crippen MR) is 41.8 cm³/mol. The van der Waals surface area contributed by atoms with Gasteiger partial charge in [-0.05, 0) is 25.2 Å². The van der Waals surface area contributed by atoms with Crippen LogP contribution in [0, 0.1) is 0 Å². The maximum Gasteiger partial charge on any atom is 0.143 e. The van der Waals surface area contributed by atoms with Crippen molar-refractivity contribution in [2.24, 2.45) is 0 Å². The molecule has 0 aromatic carbocycles. The first-order valence-electron chi connectivity index (χ1n) is 4.49. The van der Waals surface area contributed by atoms with Crippen molar-refractivity contribution in [3.8, 4) is 0 Å². The summed E-state index contributed by atoms with van der Waals surface area (Å²) in [6, 6.07) is 0. The third kappa shape index (κ3) is 0.630. The number of aliphatic hydroxyl groups is 1. The summed E-state index contributed by atoms with van der Waals surface area (Å²) in [5.41, 5.74) is 2.01. The highest BCUT2D eigenvalue weighted by Gasteiger charge is 2.42. The lowest BCUT2D eigenvalue weighted by Gasteiger charge is -2.07. The summed E-state index contributed by atoms with van der Waals surface area (Å²) in [6.07, 6.45) is 3.73. The van der Waals surface area contributed by atoms with Crippen molar-refractivity contribution in [2.75, 3.05) is 0 Å². The van der Waals surface area contributed by atoms with Crippen LogP contribution in [-0.4, -0.2) is 10.3 Å². The molecule has 1 aromatic heterocycles. The van der Waals surface area contributed by atoms with Gasteiger partial charge in [0.15, 0.2) is 0 Å². The molecule has 0 amide bonds. The van der Waals surface area contributed by atoms with Gasteiger partial charge in [-0.2, -0.15) is 0 Å². The maximum atomic E-state index is 9.00. The van der Waals surface area contributed by atoms with Crippen LogP contribution < -0.4 is 0 Å². The average molecular weight is 165 g/mol. The van der Waals surface area contributed by atoms with Crippen molar-refractivity contribution >= 4 is 0 Å². The number of hydrogen-bond donors (Lipinski definition) is 1. The Kier molecular flexibility index (Phi) is 1.17. The van der Waals surface area contributed by atoms with Crippen LogP contribution in [0.3, 0.4) is 0 Å². The van der Waals surface area contributed by atoms with Crippen molar-refractivity contribution in [3.05, 3.63) is 17.0 Å². The van der Waals surface area contributed by atoms with Crippen LogP contribution in [0.4, 0.5) is 0 Å². The number of aliphatic hydroxyl groups excluding tert-OH is 1. The first-order chi connectivity index (χ1) is 5.90. The predicted octanol–water partition coefficient (Wildman–Crippen LogP) is 1.53. The van der Waals surface area contributed by atoms with E-state index in [1.807, 2.05) is 0 Å². The molecule has 1 heterocycles. The standard InChI is InChI=1S/C9H11NO2/c11-4-7-8-5-1-2-6(3-5)9(8)12-10-7/h5-6,11H,1-4H2. The molecule has 1 fully saturated rings. The minimum absolute atomic E-state index is 0.0298. The minimum Gasteiger partial charge on any atom is -0.390 e. The fourth-order valence-electron chi connectivity index (χ4n) is 2.67. The highest BCUT2D eigenvalue weighted by Crippen LogP contribution is 2.54. The zero-order valence-electron chi connectivity index (χ0n) is 6.79. The zero-order valence-corrected chi connectivity index (χ0v) is 6.79. The topological polar surface area (TPSA) is 46.3 Å². The first-order valence-corrected chi connectivity index (χ1v) is 4.49. The Bertz CT molecular complexity index is 318. The molecule has 0 spiro atoms. The normalized spacial score (nSPS) is 31.1. The second-order valence-corrected chi connectivity index (χ2v) is 3.77. The van der Waals surface area contributed by atoms with E-state index in [0.29, 0.717) is 11.8 Å². The van der Waals surface area contributed by atoms with Gasteiger partial charge in [0.2, 0.25) is 0 Å². The second kappa shape index (κ2) is 2.10. The van der Waals surface area contributed by atoms with Crippen LogP contribution in [0.25, 0.3) is 0 Å². The van der Waals surface area contributed by atoms with Gasteiger partial charge in [-0.25, -0.2) is 0 Å². The van der Waals surface area contributed by atoms with E-state index in [1.54, 1.807) is 0 Å². The summed E-state index contributed by atoms with van der Waals surface area (Å²) in [5.74, 6) is 2.31. The highest BCUT2D eigenvalue weighted by molar-refractivity contribution is 5.37. The molecule has 1 N–H and O–H groups in total. The van der Waals surface area contributed by atoms with E-state index in [4.69, 9.17) is 9.63 Å². The van der Waals surface area contributed by atoms with Gasteiger partial charge in [-0.15, -0.1) is 0 Å². The van der Waals surface area contributed by atoms with Crippen molar-refractivity contribution in [2.45, 2.75) is 37.7 Å². The Balaban J connectivity index is 2.16. The van der Waals surface area contributed by atoms with Gasteiger partial charge in [-0.3, -0.25) is 0 Å².